The molecule has 0 aliphatic heterocycles. The van der Waals surface area contributed by atoms with E-state index in [1.807, 2.05) is 0 Å². The second kappa shape index (κ2) is 7.01. The van der Waals surface area contributed by atoms with Crippen LogP contribution in [0.15, 0.2) is 30.6 Å². The van der Waals surface area contributed by atoms with Crippen LogP contribution in [0.2, 0.25) is 5.02 Å². The van der Waals surface area contributed by atoms with Crippen LogP contribution in [0.1, 0.15) is 22.6 Å². The van der Waals surface area contributed by atoms with Gasteiger partial charge in [-0.15, -0.1) is 0 Å². The molecule has 1 unspecified atom stereocenters. The highest BCUT2D eigenvalue weighted by molar-refractivity contribution is 6.30. The predicted octanol–water partition coefficient (Wildman–Crippen LogP) is 2.78. The molecule has 1 atom stereocenters. The number of benzene rings is 1. The summed E-state index contributed by atoms with van der Waals surface area (Å²) in [7, 11) is 1.30. The molecular weight excluding hydrogens is 366 g/mol. The van der Waals surface area contributed by atoms with E-state index in [1.54, 1.807) is 0 Å². The lowest BCUT2D eigenvalue weighted by molar-refractivity contribution is -0.272. The van der Waals surface area contributed by atoms with Crippen LogP contribution in [0, 0.1) is 5.82 Å². The summed E-state index contributed by atoms with van der Waals surface area (Å²) in [5, 5.41) is 12.4. The number of aromatic nitrogens is 2. The third-order valence-electron chi connectivity index (χ3n) is 3.61. The molecule has 1 aromatic carbocycles. The van der Waals surface area contributed by atoms with Gasteiger partial charge >= 0.3 is 6.18 Å². The molecule has 10 heteroatoms. The molecule has 0 fully saturated rings. The highest BCUT2D eigenvalue weighted by Crippen LogP contribution is 2.40. The summed E-state index contributed by atoms with van der Waals surface area (Å²) in [4.78, 5) is 15.5. The number of nitrogens with one attached hydrogen (secondary N) is 1. The average Bonchev–Trinajstić information content (AvgIpc) is 2.94. The number of aliphatic hydroxyl groups is 1. The molecule has 0 bridgehead atoms. The first-order valence-electron chi connectivity index (χ1n) is 7.06. The van der Waals surface area contributed by atoms with Crippen LogP contribution in [0.25, 0.3) is 0 Å². The van der Waals surface area contributed by atoms with Crippen LogP contribution in [0.4, 0.5) is 17.6 Å². The minimum atomic E-state index is -5.02. The van der Waals surface area contributed by atoms with Gasteiger partial charge in [-0.1, -0.05) is 11.6 Å². The smallest absolute Gasteiger partial charge is 0.374 e. The lowest BCUT2D eigenvalue weighted by Crippen LogP contribution is -2.46. The van der Waals surface area contributed by atoms with Crippen LogP contribution >= 0.6 is 11.6 Å². The molecule has 0 spiro atoms. The first-order chi connectivity index (χ1) is 11.6. The number of carbonyl (C=O) groups is 1. The molecule has 25 heavy (non-hydrogen) atoms. The topological polar surface area (TPSA) is 67.2 Å². The molecule has 1 amide bonds. The Morgan fingerprint density at radius 1 is 1.40 bits per heavy atom. The van der Waals surface area contributed by atoms with E-state index in [4.69, 9.17) is 11.6 Å². The van der Waals surface area contributed by atoms with E-state index in [0.29, 0.717) is 0 Å². The van der Waals surface area contributed by atoms with Crippen molar-refractivity contribution in [2.75, 3.05) is 6.54 Å². The summed E-state index contributed by atoms with van der Waals surface area (Å²) in [6.45, 7) is -0.562. The molecule has 0 radical (unpaired) electrons. The van der Waals surface area contributed by atoms with Crippen molar-refractivity contribution < 1.29 is 27.5 Å². The largest absolute Gasteiger partial charge is 0.424 e. The molecule has 1 aromatic heterocycles. The average molecular weight is 380 g/mol. The molecule has 2 rings (SSSR count). The molecule has 2 aromatic rings. The van der Waals surface area contributed by atoms with E-state index >= 15 is 0 Å². The quantitative estimate of drug-likeness (QED) is 0.785. The third kappa shape index (κ3) is 3.93. The zero-order chi connectivity index (χ0) is 18.8. The number of carbonyl (C=O) groups excluding carboxylic acids is 1. The summed E-state index contributed by atoms with van der Waals surface area (Å²) in [6, 6.07) is 3.26. The number of aryl methyl sites for hydroxylation is 1. The van der Waals surface area contributed by atoms with Crippen molar-refractivity contribution >= 4 is 17.5 Å². The summed E-state index contributed by atoms with van der Waals surface area (Å²) < 4.78 is 54.6. The minimum Gasteiger partial charge on any atom is -0.374 e. The van der Waals surface area contributed by atoms with Crippen molar-refractivity contribution in [3.63, 3.8) is 0 Å². The van der Waals surface area contributed by atoms with Crippen molar-refractivity contribution in [3.8, 4) is 0 Å². The van der Waals surface area contributed by atoms with Crippen LogP contribution in [-0.2, 0) is 12.6 Å². The van der Waals surface area contributed by atoms with E-state index in [1.165, 1.54) is 19.3 Å². The van der Waals surface area contributed by atoms with Gasteiger partial charge in [0, 0.05) is 37.4 Å². The molecule has 2 N–H and O–H groups in total. The SMILES string of the molecule is Cn1ccnc1C(O)(CCNC(=O)c1cc(Cl)ccc1F)C(F)(F)F. The van der Waals surface area contributed by atoms with Crippen molar-refractivity contribution in [1.82, 2.24) is 14.9 Å². The highest BCUT2D eigenvalue weighted by Gasteiger charge is 2.57. The van der Waals surface area contributed by atoms with Crippen LogP contribution < -0.4 is 5.32 Å². The van der Waals surface area contributed by atoms with Crippen molar-refractivity contribution in [2.45, 2.75) is 18.2 Å². The maximum Gasteiger partial charge on any atom is 0.424 e. The van der Waals surface area contributed by atoms with Gasteiger partial charge in [-0.2, -0.15) is 13.2 Å². The number of amides is 1. The number of nitrogens with zero attached hydrogens (tertiary/aromatic N) is 2. The van der Waals surface area contributed by atoms with E-state index in [9.17, 15) is 27.5 Å². The number of alkyl halides is 3. The van der Waals surface area contributed by atoms with Crippen molar-refractivity contribution in [3.05, 3.63) is 52.8 Å². The van der Waals surface area contributed by atoms with Gasteiger partial charge in [-0.25, -0.2) is 9.37 Å². The Morgan fingerprint density at radius 2 is 2.08 bits per heavy atom. The molecule has 136 valence electrons. The Morgan fingerprint density at radius 3 is 2.64 bits per heavy atom. The standard InChI is InChI=1S/C15H14ClF4N3O2/c1-23-7-6-22-13(23)14(25,15(18,19)20)4-5-21-12(24)10-8-9(16)2-3-11(10)17/h2-3,6-8,25H,4-5H2,1H3,(H,21,24). The van der Waals surface area contributed by atoms with Gasteiger partial charge in [-0.3, -0.25) is 4.79 Å². The van der Waals surface area contributed by atoms with Gasteiger partial charge in [0.2, 0.25) is 5.60 Å². The summed E-state index contributed by atoms with van der Waals surface area (Å²) in [5.74, 6) is -2.41. The molecule has 0 aliphatic rings. The fourth-order valence-corrected chi connectivity index (χ4v) is 2.44. The first kappa shape index (κ1) is 19.2. The van der Waals surface area contributed by atoms with Gasteiger partial charge in [0.25, 0.3) is 5.91 Å². The first-order valence-corrected chi connectivity index (χ1v) is 7.44. The highest BCUT2D eigenvalue weighted by atomic mass is 35.5. The van der Waals surface area contributed by atoms with E-state index < -0.39 is 47.9 Å². The number of hydrogen-bond acceptors (Lipinski definition) is 3. The summed E-state index contributed by atoms with van der Waals surface area (Å²) in [6.07, 6.45) is -3.54. The zero-order valence-electron chi connectivity index (χ0n) is 12.9. The molecule has 1 heterocycles. The fraction of sp³-hybridized carbons (Fsp3) is 0.333. The second-order valence-corrected chi connectivity index (χ2v) is 5.79. The van der Waals surface area contributed by atoms with Gasteiger partial charge in [0.15, 0.2) is 0 Å². The van der Waals surface area contributed by atoms with Gasteiger partial charge in [0.05, 0.1) is 5.56 Å². The number of imidazole rings is 1. The van der Waals surface area contributed by atoms with Gasteiger partial charge < -0.3 is 15.0 Å². The summed E-state index contributed by atoms with van der Waals surface area (Å²) >= 11 is 5.67. The normalized spacial score (nSPS) is 14.2. The Bertz CT molecular complexity index is 778. The fourth-order valence-electron chi connectivity index (χ4n) is 2.27. The molecule has 0 saturated heterocycles. The second-order valence-electron chi connectivity index (χ2n) is 5.35. The predicted molar refractivity (Wildman–Crippen MR) is 81.5 cm³/mol. The molecule has 0 saturated carbocycles. The number of rotatable bonds is 5. The van der Waals surface area contributed by atoms with Gasteiger partial charge in [0.1, 0.15) is 11.6 Å². The maximum atomic E-state index is 13.6. The minimum absolute atomic E-state index is 0.103. The number of halogens is 5. The maximum absolute atomic E-state index is 13.6. The third-order valence-corrected chi connectivity index (χ3v) is 3.84. The lowest BCUT2D eigenvalue weighted by atomic mass is 9.97. The Kier molecular flexibility index (Phi) is 5.38. The Balaban J connectivity index is 2.13. The van der Waals surface area contributed by atoms with Crippen molar-refractivity contribution in [2.24, 2.45) is 7.05 Å². The Labute approximate surface area is 145 Å². The van der Waals surface area contributed by atoms with E-state index in [-0.39, 0.29) is 5.02 Å². The molecule has 5 nitrogen and oxygen atoms in total. The van der Waals surface area contributed by atoms with E-state index in [0.717, 1.165) is 22.9 Å². The monoisotopic (exact) mass is 379 g/mol. The van der Waals surface area contributed by atoms with Crippen LogP contribution in [-0.4, -0.2) is 33.3 Å². The summed E-state index contributed by atoms with van der Waals surface area (Å²) in [5.41, 5.74) is -3.66. The number of hydrogen-bond donors (Lipinski definition) is 2. The molecule has 0 aliphatic carbocycles. The zero-order valence-corrected chi connectivity index (χ0v) is 13.7. The van der Waals surface area contributed by atoms with Crippen molar-refractivity contribution in [1.29, 1.82) is 0 Å². The molecular formula is C15H14ClF4N3O2. The lowest BCUT2D eigenvalue weighted by Gasteiger charge is -2.30. The van der Waals surface area contributed by atoms with Crippen LogP contribution in [0.3, 0.4) is 0 Å². The van der Waals surface area contributed by atoms with Crippen LogP contribution in [0.5, 0.6) is 0 Å². The van der Waals surface area contributed by atoms with E-state index in [2.05, 4.69) is 10.3 Å². The Hall–Kier alpha value is -2.13. The van der Waals surface area contributed by atoms with Gasteiger partial charge in [-0.05, 0) is 18.2 Å².